The van der Waals surface area contributed by atoms with Gasteiger partial charge in [-0.15, -0.1) is 0 Å². The summed E-state index contributed by atoms with van der Waals surface area (Å²) in [7, 11) is 1.48. The number of nitrogens with zero attached hydrogens (tertiary/aromatic N) is 1. The van der Waals surface area contributed by atoms with Gasteiger partial charge >= 0.3 is 19.8 Å². The maximum atomic E-state index is 12.8. The van der Waals surface area contributed by atoms with E-state index in [4.69, 9.17) is 18.5 Å². The molecule has 0 aromatic carbocycles. The molecule has 0 heterocycles. The number of rotatable bonds is 57. The summed E-state index contributed by atoms with van der Waals surface area (Å²) in [5, 5.41) is 0. The van der Waals surface area contributed by atoms with Crippen LogP contribution in [0.1, 0.15) is 290 Å². The van der Waals surface area contributed by atoms with Crippen LogP contribution in [0, 0.1) is 0 Å². The largest absolute Gasteiger partial charge is 0.472 e. The van der Waals surface area contributed by atoms with Gasteiger partial charge in [-0.1, -0.05) is 255 Å². The lowest BCUT2D eigenvalue weighted by Crippen LogP contribution is -2.37. The second-order valence-electron chi connectivity index (χ2n) is 22.1. The van der Waals surface area contributed by atoms with Crippen molar-refractivity contribution in [2.24, 2.45) is 0 Å². The monoisotopic (exact) mass is 1050 g/mol. The van der Waals surface area contributed by atoms with E-state index in [1.807, 2.05) is 21.1 Å². The van der Waals surface area contributed by atoms with E-state index in [0.717, 1.165) is 64.2 Å². The lowest BCUT2D eigenvalue weighted by molar-refractivity contribution is -0.870. The lowest BCUT2D eigenvalue weighted by Gasteiger charge is -2.24. The minimum Gasteiger partial charge on any atom is -0.462 e. The van der Waals surface area contributed by atoms with Gasteiger partial charge in [-0.05, 0) is 70.6 Å². The molecule has 0 saturated carbocycles. The van der Waals surface area contributed by atoms with E-state index in [1.165, 1.54) is 193 Å². The van der Waals surface area contributed by atoms with Crippen LogP contribution >= 0.6 is 7.82 Å². The predicted molar refractivity (Wildman–Crippen MR) is 312 cm³/mol. The number of phosphoric ester groups is 1. The molecule has 0 radical (unpaired) electrons. The number of esters is 2. The van der Waals surface area contributed by atoms with Crippen LogP contribution in [0.15, 0.2) is 48.6 Å². The van der Waals surface area contributed by atoms with Crippen molar-refractivity contribution in [3.05, 3.63) is 48.6 Å². The summed E-state index contributed by atoms with van der Waals surface area (Å²) in [6, 6.07) is 0. The number of likely N-dealkylation sites (N-methyl/N-ethyl adjacent to an activating group) is 1. The van der Waals surface area contributed by atoms with Gasteiger partial charge in [0.1, 0.15) is 19.8 Å². The second kappa shape index (κ2) is 54.7. The SMILES string of the molecule is CCCC/C=C\C/C=C\CCCCCCCC(=O)OCC(COP(=O)(O)OCC[N+](C)(C)C)OC(=O)CCCCCCCCCCCCCCCCCCCCCCCCC/C=C\C/C=C\CCCCCCC. The van der Waals surface area contributed by atoms with Gasteiger partial charge in [-0.25, -0.2) is 4.57 Å². The average molecular weight is 1050 g/mol. The molecule has 0 bridgehead atoms. The molecule has 2 unspecified atom stereocenters. The van der Waals surface area contributed by atoms with Crippen LogP contribution in [0.25, 0.3) is 0 Å². The first-order valence-electron chi connectivity index (χ1n) is 30.9. The maximum Gasteiger partial charge on any atom is 0.472 e. The lowest BCUT2D eigenvalue weighted by atomic mass is 10.0. The number of hydrogen-bond acceptors (Lipinski definition) is 7. The van der Waals surface area contributed by atoms with E-state index in [0.29, 0.717) is 17.4 Å². The molecule has 0 aliphatic heterocycles. The third-order valence-corrected chi connectivity index (χ3v) is 14.6. The zero-order chi connectivity index (χ0) is 53.5. The Morgan fingerprint density at radius 3 is 1.12 bits per heavy atom. The fraction of sp³-hybridized carbons (Fsp3) is 0.841. The standard InChI is InChI=1S/C63H118NO8P/c1-6-8-10-12-14-16-18-20-22-23-24-25-26-27-28-29-30-31-32-33-34-35-36-37-38-39-40-41-42-44-46-48-50-52-54-56-63(66)72-61(60-71-73(67,68)70-58-57-64(3,4)5)59-69-62(65)55-53-51-49-47-45-43-21-19-17-15-13-11-9-7-2/h13,15,18-21,23-24,61H,6-12,14,16-17,22,25-60H2,1-5H3/p+1/b15-13-,20-18-,21-19-,24-23-. The first-order valence-corrected chi connectivity index (χ1v) is 32.4. The van der Waals surface area contributed by atoms with E-state index >= 15 is 0 Å². The van der Waals surface area contributed by atoms with Crippen molar-refractivity contribution in [3.8, 4) is 0 Å². The van der Waals surface area contributed by atoms with Crippen LogP contribution in [0.4, 0.5) is 0 Å². The Morgan fingerprint density at radius 1 is 0.425 bits per heavy atom. The van der Waals surface area contributed by atoms with Crippen LogP contribution in [-0.4, -0.2) is 74.9 Å². The van der Waals surface area contributed by atoms with Crippen molar-refractivity contribution in [1.29, 1.82) is 0 Å². The van der Waals surface area contributed by atoms with Gasteiger partial charge in [0.25, 0.3) is 0 Å². The Bertz CT molecular complexity index is 1370. The smallest absolute Gasteiger partial charge is 0.462 e. The Morgan fingerprint density at radius 2 is 0.753 bits per heavy atom. The van der Waals surface area contributed by atoms with Crippen molar-refractivity contribution in [1.82, 2.24) is 0 Å². The molecule has 0 saturated heterocycles. The van der Waals surface area contributed by atoms with Crippen LogP contribution in [0.3, 0.4) is 0 Å². The first kappa shape index (κ1) is 71.0. The summed E-state index contributed by atoms with van der Waals surface area (Å²) in [5.74, 6) is -0.803. The number of phosphoric acid groups is 1. The van der Waals surface area contributed by atoms with Gasteiger partial charge in [0.2, 0.25) is 0 Å². The van der Waals surface area contributed by atoms with Crippen molar-refractivity contribution in [2.75, 3.05) is 47.5 Å². The molecule has 2 atom stereocenters. The quantitative estimate of drug-likeness (QED) is 0.0211. The number of carbonyl (C=O) groups excluding carboxylic acids is 2. The van der Waals surface area contributed by atoms with Crippen molar-refractivity contribution in [2.45, 2.75) is 296 Å². The summed E-state index contributed by atoms with van der Waals surface area (Å²) < 4.78 is 34.5. The molecular formula is C63H119NO8P+. The molecule has 0 aromatic heterocycles. The number of carbonyl (C=O) groups is 2. The van der Waals surface area contributed by atoms with Crippen LogP contribution in [-0.2, 0) is 32.7 Å². The molecule has 0 amide bonds. The van der Waals surface area contributed by atoms with Gasteiger partial charge in [0.05, 0.1) is 27.7 Å². The van der Waals surface area contributed by atoms with E-state index in [-0.39, 0.29) is 32.0 Å². The van der Waals surface area contributed by atoms with E-state index < -0.39 is 26.5 Å². The highest BCUT2D eigenvalue weighted by Gasteiger charge is 2.27. The summed E-state index contributed by atoms with van der Waals surface area (Å²) in [6.07, 6.45) is 69.2. The molecule has 0 aliphatic carbocycles. The highest BCUT2D eigenvalue weighted by Crippen LogP contribution is 2.43. The Labute approximate surface area is 452 Å². The number of unbranched alkanes of at least 4 members (excludes halogenated alkanes) is 35. The van der Waals surface area contributed by atoms with Gasteiger partial charge in [-0.2, -0.15) is 0 Å². The minimum atomic E-state index is -4.39. The zero-order valence-corrected chi connectivity index (χ0v) is 49.5. The number of allylic oxidation sites excluding steroid dienone is 8. The number of ether oxygens (including phenoxy) is 2. The molecule has 0 aromatic rings. The summed E-state index contributed by atoms with van der Waals surface area (Å²) in [4.78, 5) is 35.6. The Hall–Kier alpha value is -2.03. The summed E-state index contributed by atoms with van der Waals surface area (Å²) in [6.45, 7) is 4.39. The van der Waals surface area contributed by atoms with Crippen molar-refractivity contribution in [3.63, 3.8) is 0 Å². The molecule has 73 heavy (non-hydrogen) atoms. The predicted octanol–water partition coefficient (Wildman–Crippen LogP) is 19.3. The topological polar surface area (TPSA) is 108 Å². The highest BCUT2D eigenvalue weighted by molar-refractivity contribution is 7.47. The fourth-order valence-electron chi connectivity index (χ4n) is 8.77. The molecule has 9 nitrogen and oxygen atoms in total. The van der Waals surface area contributed by atoms with Gasteiger partial charge in [-0.3, -0.25) is 18.6 Å². The normalized spacial score (nSPS) is 13.6. The highest BCUT2D eigenvalue weighted by atomic mass is 31.2. The third kappa shape index (κ3) is 59.1. The Kier molecular flexibility index (Phi) is 53.2. The molecule has 428 valence electrons. The minimum absolute atomic E-state index is 0.0302. The zero-order valence-electron chi connectivity index (χ0n) is 48.6. The molecule has 0 spiro atoms. The van der Waals surface area contributed by atoms with Crippen LogP contribution in [0.5, 0.6) is 0 Å². The molecule has 10 heteroatoms. The summed E-state index contributed by atoms with van der Waals surface area (Å²) >= 11 is 0. The fourth-order valence-corrected chi connectivity index (χ4v) is 9.51. The van der Waals surface area contributed by atoms with Crippen molar-refractivity contribution < 1.29 is 42.1 Å². The molecule has 1 N–H and O–H groups in total. The van der Waals surface area contributed by atoms with E-state index in [1.54, 1.807) is 0 Å². The van der Waals surface area contributed by atoms with E-state index in [9.17, 15) is 19.0 Å². The molecule has 0 fully saturated rings. The number of quaternary nitrogens is 1. The van der Waals surface area contributed by atoms with Gasteiger partial charge < -0.3 is 18.9 Å². The van der Waals surface area contributed by atoms with Crippen LogP contribution in [0.2, 0.25) is 0 Å². The van der Waals surface area contributed by atoms with Gasteiger partial charge in [0, 0.05) is 12.8 Å². The third-order valence-electron chi connectivity index (χ3n) is 13.6. The molecular weight excluding hydrogens is 930 g/mol. The Balaban J connectivity index is 3.96. The van der Waals surface area contributed by atoms with Gasteiger partial charge in [0.15, 0.2) is 6.10 Å². The number of hydrogen-bond donors (Lipinski definition) is 1. The summed E-state index contributed by atoms with van der Waals surface area (Å²) in [5.41, 5.74) is 0. The van der Waals surface area contributed by atoms with Crippen LogP contribution < -0.4 is 0 Å². The maximum absolute atomic E-state index is 12.8. The van der Waals surface area contributed by atoms with E-state index in [2.05, 4.69) is 62.5 Å². The average Bonchev–Trinajstić information content (AvgIpc) is 3.35. The molecule has 0 aliphatic rings. The second-order valence-corrected chi connectivity index (χ2v) is 23.5. The first-order chi connectivity index (χ1) is 35.5. The van der Waals surface area contributed by atoms with Crippen molar-refractivity contribution >= 4 is 19.8 Å². The molecule has 0 rings (SSSR count).